The lowest BCUT2D eigenvalue weighted by Gasteiger charge is -2.33. The minimum atomic E-state index is -0.261. The van der Waals surface area contributed by atoms with E-state index in [1.54, 1.807) is 13.1 Å². The lowest BCUT2D eigenvalue weighted by atomic mass is 10.0. The molecule has 1 fully saturated rings. The fraction of sp³-hybridized carbons (Fsp3) is 0.476. The lowest BCUT2D eigenvalue weighted by Crippen LogP contribution is -2.36. The second kappa shape index (κ2) is 10.3. The summed E-state index contributed by atoms with van der Waals surface area (Å²) in [6.45, 7) is 6.66. The fourth-order valence-electron chi connectivity index (χ4n) is 3.36. The molecular formula is C21H28N4O2S. The molecule has 1 saturated heterocycles. The first-order chi connectivity index (χ1) is 13.6. The van der Waals surface area contributed by atoms with E-state index >= 15 is 0 Å². The first kappa shape index (κ1) is 20.5. The maximum Gasteiger partial charge on any atom is 0.311 e. The van der Waals surface area contributed by atoms with Crippen LogP contribution in [0.3, 0.4) is 0 Å². The molecule has 6 nitrogen and oxygen atoms in total. The minimum Gasteiger partial charge on any atom is -0.466 e. The number of likely N-dealkylation sites (tertiary alicyclic amines) is 1. The molecule has 1 aromatic heterocycles. The number of hydrazone groups is 1. The standard InChI is InChI=1S/C21H28N4O2S/c1-3-27-20(26)12-19-15-28-21(23-19)24-22-13-17-8-6-9-18(11-17)14-25-10-5-4-7-16(25)2/h6,8-9,11,13,15-16H,3-5,7,10,12,14H2,1-2H3,(H,23,24). The van der Waals surface area contributed by atoms with Gasteiger partial charge >= 0.3 is 5.97 Å². The second-order valence-corrected chi connectivity index (χ2v) is 7.91. The molecule has 28 heavy (non-hydrogen) atoms. The number of hydrogen-bond acceptors (Lipinski definition) is 7. The summed E-state index contributed by atoms with van der Waals surface area (Å²) in [5, 5.41) is 6.79. The number of nitrogens with zero attached hydrogens (tertiary/aromatic N) is 3. The number of nitrogens with one attached hydrogen (secondary N) is 1. The van der Waals surface area contributed by atoms with E-state index in [-0.39, 0.29) is 12.4 Å². The van der Waals surface area contributed by atoms with Crippen molar-refractivity contribution in [1.29, 1.82) is 0 Å². The number of ether oxygens (including phenoxy) is 1. The molecule has 7 heteroatoms. The Kier molecular flexibility index (Phi) is 7.56. The van der Waals surface area contributed by atoms with Crippen LogP contribution in [0.25, 0.3) is 0 Å². The SMILES string of the molecule is CCOC(=O)Cc1csc(NN=Cc2cccc(CN3CCCCC3C)c2)n1. The van der Waals surface area contributed by atoms with Crippen molar-refractivity contribution < 1.29 is 9.53 Å². The van der Waals surface area contributed by atoms with Gasteiger partial charge in [-0.15, -0.1) is 11.3 Å². The average molecular weight is 401 g/mol. The van der Waals surface area contributed by atoms with Gasteiger partial charge in [0, 0.05) is 18.0 Å². The van der Waals surface area contributed by atoms with Gasteiger partial charge in [-0.25, -0.2) is 4.98 Å². The van der Waals surface area contributed by atoms with E-state index in [2.05, 4.69) is 45.5 Å². The van der Waals surface area contributed by atoms with E-state index in [1.807, 2.05) is 11.4 Å². The molecule has 1 aromatic carbocycles. The summed E-state index contributed by atoms with van der Waals surface area (Å²) in [5.74, 6) is -0.261. The Hall–Kier alpha value is -2.25. The van der Waals surface area contributed by atoms with Gasteiger partial charge in [0.25, 0.3) is 0 Å². The highest BCUT2D eigenvalue weighted by Gasteiger charge is 2.18. The van der Waals surface area contributed by atoms with Crippen molar-refractivity contribution in [3.8, 4) is 0 Å². The van der Waals surface area contributed by atoms with E-state index in [0.717, 1.165) is 12.1 Å². The van der Waals surface area contributed by atoms with E-state index in [4.69, 9.17) is 4.74 Å². The van der Waals surface area contributed by atoms with E-state index in [9.17, 15) is 4.79 Å². The molecular weight excluding hydrogens is 372 g/mol. The van der Waals surface area contributed by atoms with Gasteiger partial charge in [0.05, 0.1) is 24.9 Å². The Morgan fingerprint density at radius 1 is 1.46 bits per heavy atom. The maximum atomic E-state index is 11.5. The maximum absolute atomic E-state index is 11.5. The van der Waals surface area contributed by atoms with E-state index in [0.29, 0.717) is 23.5 Å². The highest BCUT2D eigenvalue weighted by molar-refractivity contribution is 7.13. The van der Waals surface area contributed by atoms with Gasteiger partial charge in [0.2, 0.25) is 5.13 Å². The van der Waals surface area contributed by atoms with Gasteiger partial charge in [-0.3, -0.25) is 15.1 Å². The van der Waals surface area contributed by atoms with Gasteiger partial charge in [0.1, 0.15) is 0 Å². The molecule has 1 aliphatic rings. The molecule has 1 atom stereocenters. The van der Waals surface area contributed by atoms with Crippen LogP contribution in [0.15, 0.2) is 34.7 Å². The summed E-state index contributed by atoms with van der Waals surface area (Å²) >= 11 is 1.42. The predicted molar refractivity (Wildman–Crippen MR) is 114 cm³/mol. The molecule has 3 rings (SSSR count). The topological polar surface area (TPSA) is 66.8 Å². The number of rotatable bonds is 8. The van der Waals surface area contributed by atoms with E-state index < -0.39 is 0 Å². The van der Waals surface area contributed by atoms with Crippen molar-refractivity contribution in [2.24, 2.45) is 5.10 Å². The molecule has 1 N–H and O–H groups in total. The van der Waals surface area contributed by atoms with Crippen LogP contribution >= 0.6 is 11.3 Å². The number of carbonyl (C=O) groups excluding carboxylic acids is 1. The highest BCUT2D eigenvalue weighted by Crippen LogP contribution is 2.19. The Bertz CT molecular complexity index is 805. The van der Waals surface area contributed by atoms with Gasteiger partial charge < -0.3 is 4.74 Å². The molecule has 150 valence electrons. The third-order valence-corrected chi connectivity index (χ3v) is 5.63. The van der Waals surface area contributed by atoms with Crippen molar-refractivity contribution in [2.45, 2.75) is 52.1 Å². The minimum absolute atomic E-state index is 0.187. The number of benzene rings is 1. The molecule has 0 aliphatic carbocycles. The summed E-state index contributed by atoms with van der Waals surface area (Å²) in [7, 11) is 0. The Morgan fingerprint density at radius 2 is 2.36 bits per heavy atom. The van der Waals surface area contributed by atoms with Crippen molar-refractivity contribution in [2.75, 3.05) is 18.6 Å². The highest BCUT2D eigenvalue weighted by atomic mass is 32.1. The van der Waals surface area contributed by atoms with Gasteiger partial charge in [-0.2, -0.15) is 5.10 Å². The van der Waals surface area contributed by atoms with Crippen LogP contribution in [-0.2, 0) is 22.5 Å². The zero-order chi connectivity index (χ0) is 19.8. The van der Waals surface area contributed by atoms with Crippen LogP contribution in [0.1, 0.15) is 49.9 Å². The number of esters is 1. The first-order valence-electron chi connectivity index (χ1n) is 9.86. The molecule has 0 bridgehead atoms. The Balaban J connectivity index is 1.53. The number of piperidine rings is 1. The summed E-state index contributed by atoms with van der Waals surface area (Å²) in [5.41, 5.74) is 6.00. The normalized spacial score (nSPS) is 17.7. The fourth-order valence-corrected chi connectivity index (χ4v) is 4.02. The Labute approximate surface area is 170 Å². The number of thiazole rings is 1. The van der Waals surface area contributed by atoms with Crippen molar-refractivity contribution in [3.63, 3.8) is 0 Å². The molecule has 1 unspecified atom stereocenters. The largest absolute Gasteiger partial charge is 0.466 e. The average Bonchev–Trinajstić information content (AvgIpc) is 3.11. The zero-order valence-electron chi connectivity index (χ0n) is 16.6. The van der Waals surface area contributed by atoms with Gasteiger partial charge in [0.15, 0.2) is 0 Å². The molecule has 1 aliphatic heterocycles. The monoisotopic (exact) mass is 400 g/mol. The van der Waals surface area contributed by atoms with Crippen LogP contribution in [0.2, 0.25) is 0 Å². The quantitative estimate of drug-likeness (QED) is 0.411. The van der Waals surface area contributed by atoms with Crippen LogP contribution in [0.4, 0.5) is 5.13 Å². The van der Waals surface area contributed by atoms with Gasteiger partial charge in [-0.05, 0) is 50.4 Å². The molecule has 0 spiro atoms. The number of aromatic nitrogens is 1. The number of carbonyl (C=O) groups is 1. The van der Waals surface area contributed by atoms with Crippen LogP contribution < -0.4 is 5.43 Å². The van der Waals surface area contributed by atoms with Crippen molar-refractivity contribution in [1.82, 2.24) is 9.88 Å². The van der Waals surface area contributed by atoms with E-state index in [1.165, 1.54) is 42.7 Å². The molecule has 2 aromatic rings. The summed E-state index contributed by atoms with van der Waals surface area (Å²) in [6.07, 6.45) is 5.91. The van der Waals surface area contributed by atoms with Crippen LogP contribution in [0.5, 0.6) is 0 Å². The van der Waals surface area contributed by atoms with Crippen LogP contribution in [-0.4, -0.2) is 41.3 Å². The molecule has 0 amide bonds. The smallest absolute Gasteiger partial charge is 0.311 e. The second-order valence-electron chi connectivity index (χ2n) is 7.06. The predicted octanol–water partition coefficient (Wildman–Crippen LogP) is 4.07. The first-order valence-corrected chi connectivity index (χ1v) is 10.7. The number of hydrogen-bond donors (Lipinski definition) is 1. The summed E-state index contributed by atoms with van der Waals surface area (Å²) < 4.78 is 4.94. The lowest BCUT2D eigenvalue weighted by molar-refractivity contribution is -0.142. The third-order valence-electron chi connectivity index (χ3n) is 4.83. The Morgan fingerprint density at radius 3 is 3.18 bits per heavy atom. The summed E-state index contributed by atoms with van der Waals surface area (Å²) in [4.78, 5) is 18.4. The molecule has 2 heterocycles. The number of anilines is 1. The molecule has 0 radical (unpaired) electrons. The van der Waals surface area contributed by atoms with Gasteiger partial charge in [-0.1, -0.05) is 24.6 Å². The summed E-state index contributed by atoms with van der Waals surface area (Å²) in [6, 6.07) is 9.13. The van der Waals surface area contributed by atoms with Crippen LogP contribution in [0, 0.1) is 0 Å². The third kappa shape index (κ3) is 6.14. The van der Waals surface area contributed by atoms with Crippen molar-refractivity contribution in [3.05, 3.63) is 46.5 Å². The zero-order valence-corrected chi connectivity index (χ0v) is 17.4. The van der Waals surface area contributed by atoms with Crippen molar-refractivity contribution >= 4 is 28.7 Å². The molecule has 0 saturated carbocycles.